The molecule has 0 aliphatic carbocycles. The molecule has 0 bridgehead atoms. The maximum atomic E-state index is 6.21. The van der Waals surface area contributed by atoms with Gasteiger partial charge in [0.2, 0.25) is 0 Å². The molecule has 0 aliphatic heterocycles. The molecule has 2 aromatic heterocycles. The fourth-order valence-corrected chi connectivity index (χ4v) is 3.34. The van der Waals surface area contributed by atoms with Gasteiger partial charge in [-0.15, -0.1) is 0 Å². The molecule has 0 fully saturated rings. The van der Waals surface area contributed by atoms with E-state index in [0.717, 1.165) is 39.5 Å². The lowest BCUT2D eigenvalue weighted by molar-refractivity contribution is 0.181. The van der Waals surface area contributed by atoms with Crippen LogP contribution < -0.4 is 4.74 Å². The summed E-state index contributed by atoms with van der Waals surface area (Å²) >= 11 is 6.21. The Kier molecular flexibility index (Phi) is 4.79. The van der Waals surface area contributed by atoms with Gasteiger partial charge in [-0.1, -0.05) is 23.7 Å². The van der Waals surface area contributed by atoms with Gasteiger partial charge in [-0.3, -0.25) is 0 Å². The second-order valence-corrected chi connectivity index (χ2v) is 6.50. The molecule has 0 amide bonds. The monoisotopic (exact) mass is 379 g/mol. The molecule has 6 heteroatoms. The SMILES string of the molecule is COCc1nn2c(-c3ccc(OC)cc3)ccnc2c1-c1cccc(Cl)c1. The topological polar surface area (TPSA) is 48.7 Å². The van der Waals surface area contributed by atoms with Gasteiger partial charge >= 0.3 is 0 Å². The second kappa shape index (κ2) is 7.39. The molecule has 5 nitrogen and oxygen atoms in total. The van der Waals surface area contributed by atoms with Crippen molar-refractivity contribution in [2.75, 3.05) is 14.2 Å². The average molecular weight is 380 g/mol. The van der Waals surface area contributed by atoms with E-state index in [2.05, 4.69) is 4.98 Å². The molecule has 2 aromatic carbocycles. The van der Waals surface area contributed by atoms with E-state index in [4.69, 9.17) is 26.2 Å². The van der Waals surface area contributed by atoms with Crippen LogP contribution in [-0.4, -0.2) is 28.8 Å². The summed E-state index contributed by atoms with van der Waals surface area (Å²) in [5.74, 6) is 0.809. The first-order valence-corrected chi connectivity index (χ1v) is 8.85. The molecular weight excluding hydrogens is 362 g/mol. The summed E-state index contributed by atoms with van der Waals surface area (Å²) in [6.45, 7) is 0.382. The van der Waals surface area contributed by atoms with Gasteiger partial charge in [0.1, 0.15) is 5.75 Å². The fourth-order valence-electron chi connectivity index (χ4n) is 3.15. The lowest BCUT2D eigenvalue weighted by Crippen LogP contribution is -1.96. The van der Waals surface area contributed by atoms with Crippen LogP contribution in [-0.2, 0) is 11.3 Å². The van der Waals surface area contributed by atoms with Crippen LogP contribution in [0.1, 0.15) is 5.69 Å². The minimum Gasteiger partial charge on any atom is -0.497 e. The number of methoxy groups -OCH3 is 2. The first-order valence-electron chi connectivity index (χ1n) is 8.47. The Labute approximate surface area is 162 Å². The van der Waals surface area contributed by atoms with Gasteiger partial charge in [0, 0.05) is 23.9 Å². The average Bonchev–Trinajstić information content (AvgIpc) is 3.06. The number of hydrogen-bond donors (Lipinski definition) is 0. The highest BCUT2D eigenvalue weighted by Crippen LogP contribution is 2.32. The molecule has 136 valence electrons. The van der Waals surface area contributed by atoms with Gasteiger partial charge in [-0.05, 0) is 48.0 Å². The number of fused-ring (bicyclic) bond motifs is 1. The molecule has 2 heterocycles. The highest BCUT2D eigenvalue weighted by atomic mass is 35.5. The maximum absolute atomic E-state index is 6.21. The van der Waals surface area contributed by atoms with Crippen LogP contribution in [0.15, 0.2) is 60.8 Å². The van der Waals surface area contributed by atoms with Crippen molar-refractivity contribution in [1.82, 2.24) is 14.6 Å². The maximum Gasteiger partial charge on any atom is 0.163 e. The number of halogens is 1. The van der Waals surface area contributed by atoms with E-state index in [9.17, 15) is 0 Å². The highest BCUT2D eigenvalue weighted by molar-refractivity contribution is 6.30. The van der Waals surface area contributed by atoms with E-state index in [1.165, 1.54) is 0 Å². The van der Waals surface area contributed by atoms with E-state index < -0.39 is 0 Å². The lowest BCUT2D eigenvalue weighted by Gasteiger charge is -2.06. The molecule has 0 aliphatic rings. The van der Waals surface area contributed by atoms with E-state index in [0.29, 0.717) is 11.6 Å². The van der Waals surface area contributed by atoms with Crippen LogP contribution >= 0.6 is 11.6 Å². The molecule has 0 spiro atoms. The summed E-state index contributed by atoms with van der Waals surface area (Å²) in [6, 6.07) is 17.5. The van der Waals surface area contributed by atoms with Crippen LogP contribution in [0.25, 0.3) is 28.0 Å². The minimum absolute atomic E-state index is 0.382. The van der Waals surface area contributed by atoms with Crippen molar-refractivity contribution in [3.63, 3.8) is 0 Å². The Morgan fingerprint density at radius 1 is 1.00 bits per heavy atom. The molecule has 0 atom stereocenters. The van der Waals surface area contributed by atoms with Gasteiger partial charge < -0.3 is 9.47 Å². The molecule has 0 saturated carbocycles. The van der Waals surface area contributed by atoms with Crippen molar-refractivity contribution < 1.29 is 9.47 Å². The second-order valence-electron chi connectivity index (χ2n) is 6.06. The van der Waals surface area contributed by atoms with Crippen LogP contribution in [0.4, 0.5) is 0 Å². The molecular formula is C21H18ClN3O2. The Morgan fingerprint density at radius 2 is 1.81 bits per heavy atom. The van der Waals surface area contributed by atoms with Crippen LogP contribution in [0.5, 0.6) is 5.75 Å². The van der Waals surface area contributed by atoms with Gasteiger partial charge in [-0.25, -0.2) is 9.50 Å². The number of benzene rings is 2. The zero-order valence-electron chi connectivity index (χ0n) is 15.0. The fraction of sp³-hybridized carbons (Fsp3) is 0.143. The van der Waals surface area contributed by atoms with Gasteiger partial charge in [0.25, 0.3) is 0 Å². The summed E-state index contributed by atoms with van der Waals surface area (Å²) in [7, 11) is 3.31. The van der Waals surface area contributed by atoms with E-state index in [-0.39, 0.29) is 0 Å². The van der Waals surface area contributed by atoms with E-state index in [1.54, 1.807) is 20.4 Å². The first-order chi connectivity index (χ1) is 13.2. The van der Waals surface area contributed by atoms with E-state index >= 15 is 0 Å². The number of rotatable bonds is 5. The first kappa shape index (κ1) is 17.5. The normalized spacial score (nSPS) is 11.1. The van der Waals surface area contributed by atoms with Crippen LogP contribution in [0, 0.1) is 0 Å². The molecule has 0 unspecified atom stereocenters. The molecule has 0 N–H and O–H groups in total. The smallest absolute Gasteiger partial charge is 0.163 e. The molecule has 0 radical (unpaired) electrons. The number of nitrogens with zero attached hydrogens (tertiary/aromatic N) is 3. The van der Waals surface area contributed by atoms with Gasteiger partial charge in [0.05, 0.1) is 30.7 Å². The van der Waals surface area contributed by atoms with Crippen LogP contribution in [0.2, 0.25) is 5.02 Å². The minimum atomic E-state index is 0.382. The van der Waals surface area contributed by atoms with Crippen molar-refractivity contribution in [2.45, 2.75) is 6.61 Å². The summed E-state index contributed by atoms with van der Waals surface area (Å²) in [4.78, 5) is 4.59. The molecule has 27 heavy (non-hydrogen) atoms. The zero-order chi connectivity index (χ0) is 18.8. The summed E-state index contributed by atoms with van der Waals surface area (Å²) < 4.78 is 12.5. The third-order valence-electron chi connectivity index (χ3n) is 4.37. The highest BCUT2D eigenvalue weighted by Gasteiger charge is 2.18. The summed E-state index contributed by atoms with van der Waals surface area (Å²) in [6.07, 6.45) is 1.79. The third kappa shape index (κ3) is 3.27. The predicted molar refractivity (Wildman–Crippen MR) is 106 cm³/mol. The third-order valence-corrected chi connectivity index (χ3v) is 4.61. The number of aromatic nitrogens is 3. The lowest BCUT2D eigenvalue weighted by atomic mass is 10.1. The van der Waals surface area contributed by atoms with Crippen molar-refractivity contribution in [3.05, 3.63) is 71.5 Å². The number of ether oxygens (including phenoxy) is 2. The quantitative estimate of drug-likeness (QED) is 0.496. The van der Waals surface area contributed by atoms with Crippen molar-refractivity contribution >= 4 is 17.2 Å². The number of hydrogen-bond acceptors (Lipinski definition) is 4. The van der Waals surface area contributed by atoms with Crippen LogP contribution in [0.3, 0.4) is 0 Å². The zero-order valence-corrected chi connectivity index (χ0v) is 15.8. The largest absolute Gasteiger partial charge is 0.497 e. The Balaban J connectivity index is 1.94. The molecule has 0 saturated heterocycles. The Hall–Kier alpha value is -2.89. The summed E-state index contributed by atoms with van der Waals surface area (Å²) in [5.41, 5.74) is 5.42. The van der Waals surface area contributed by atoms with Crippen molar-refractivity contribution in [2.24, 2.45) is 0 Å². The molecule has 4 aromatic rings. The molecule has 4 rings (SSSR count). The van der Waals surface area contributed by atoms with Gasteiger partial charge in [-0.2, -0.15) is 5.10 Å². The Morgan fingerprint density at radius 3 is 2.52 bits per heavy atom. The van der Waals surface area contributed by atoms with Crippen molar-refractivity contribution in [3.8, 4) is 28.1 Å². The standard InChI is InChI=1S/C21H18ClN3O2/c1-26-13-18-20(15-4-3-5-16(22)12-15)21-23-11-10-19(25(21)24-18)14-6-8-17(27-2)9-7-14/h3-12H,13H2,1-2H3. The predicted octanol–water partition coefficient (Wildman–Crippen LogP) is 4.87. The Bertz CT molecular complexity index is 1090. The van der Waals surface area contributed by atoms with E-state index in [1.807, 2.05) is 59.1 Å². The van der Waals surface area contributed by atoms with Crippen molar-refractivity contribution in [1.29, 1.82) is 0 Å². The van der Waals surface area contributed by atoms with Gasteiger partial charge in [0.15, 0.2) is 5.65 Å². The summed E-state index contributed by atoms with van der Waals surface area (Å²) in [5, 5.41) is 5.45.